The molecule has 0 spiro atoms. The summed E-state index contributed by atoms with van der Waals surface area (Å²) in [5.74, 6) is 0.164. The fourth-order valence-electron chi connectivity index (χ4n) is 3.10. The third-order valence-corrected chi connectivity index (χ3v) is 4.71. The van der Waals surface area contributed by atoms with Crippen LogP contribution in [0.15, 0.2) is 78.9 Å². The molecule has 6 heteroatoms. The highest BCUT2D eigenvalue weighted by molar-refractivity contribution is 5.95. The van der Waals surface area contributed by atoms with Crippen molar-refractivity contribution in [3.63, 3.8) is 0 Å². The molecule has 6 nitrogen and oxygen atoms in total. The summed E-state index contributed by atoms with van der Waals surface area (Å²) in [6.07, 6.45) is 3.50. The number of anilines is 1. The zero-order valence-electron chi connectivity index (χ0n) is 18.0. The molecule has 0 saturated heterocycles. The molecule has 3 rings (SSSR count). The monoisotopic (exact) mass is 431 g/mol. The number of ether oxygens (including phenoxy) is 3. The zero-order valence-corrected chi connectivity index (χ0v) is 18.0. The molecule has 164 valence electrons. The number of carbonyl (C=O) groups is 2. The number of rotatable bonds is 9. The highest BCUT2D eigenvalue weighted by Gasteiger charge is 2.10. The molecule has 0 atom stereocenters. The molecule has 0 saturated carbocycles. The largest absolute Gasteiger partial charge is 0.497 e. The average Bonchev–Trinajstić information content (AvgIpc) is 2.83. The predicted molar refractivity (Wildman–Crippen MR) is 124 cm³/mol. The first kappa shape index (κ1) is 22.6. The van der Waals surface area contributed by atoms with Crippen molar-refractivity contribution < 1.29 is 23.8 Å². The Hall–Kier alpha value is -4.06. The quantitative estimate of drug-likeness (QED) is 0.399. The maximum Gasteiger partial charge on any atom is 0.331 e. The van der Waals surface area contributed by atoms with Crippen LogP contribution < -0.4 is 14.8 Å². The summed E-state index contributed by atoms with van der Waals surface area (Å²) in [4.78, 5) is 24.4. The van der Waals surface area contributed by atoms with E-state index in [0.29, 0.717) is 29.2 Å². The third-order valence-electron chi connectivity index (χ3n) is 4.71. The van der Waals surface area contributed by atoms with E-state index < -0.39 is 11.9 Å². The molecule has 0 bridgehead atoms. The molecule has 0 aliphatic rings. The van der Waals surface area contributed by atoms with Crippen LogP contribution in [0.4, 0.5) is 5.69 Å². The van der Waals surface area contributed by atoms with Gasteiger partial charge in [0, 0.05) is 23.4 Å². The van der Waals surface area contributed by atoms with Crippen LogP contribution in [0.2, 0.25) is 0 Å². The number of para-hydroxylation sites is 1. The molecule has 3 aromatic rings. The number of benzene rings is 3. The summed E-state index contributed by atoms with van der Waals surface area (Å²) in [6.45, 7) is -0.386. The minimum atomic E-state index is -0.629. The second-order valence-electron chi connectivity index (χ2n) is 6.92. The van der Waals surface area contributed by atoms with Crippen LogP contribution in [-0.2, 0) is 20.7 Å². The Balaban J connectivity index is 1.55. The van der Waals surface area contributed by atoms with E-state index in [-0.39, 0.29) is 6.61 Å². The zero-order chi connectivity index (χ0) is 22.8. The highest BCUT2D eigenvalue weighted by atomic mass is 16.5. The van der Waals surface area contributed by atoms with Crippen molar-refractivity contribution in [1.29, 1.82) is 0 Å². The lowest BCUT2D eigenvalue weighted by molar-refractivity contribution is -0.142. The molecular formula is C26H25NO5. The van der Waals surface area contributed by atoms with Crippen LogP contribution in [0.3, 0.4) is 0 Å². The molecule has 32 heavy (non-hydrogen) atoms. The normalized spacial score (nSPS) is 10.6. The first-order valence-corrected chi connectivity index (χ1v) is 10.1. The maximum atomic E-state index is 12.3. The van der Waals surface area contributed by atoms with Crippen molar-refractivity contribution >= 4 is 23.6 Å². The predicted octanol–water partition coefficient (Wildman–Crippen LogP) is 4.49. The Morgan fingerprint density at radius 2 is 1.66 bits per heavy atom. The van der Waals surface area contributed by atoms with E-state index in [1.807, 2.05) is 54.6 Å². The lowest BCUT2D eigenvalue weighted by Gasteiger charge is -2.11. The topological polar surface area (TPSA) is 73.9 Å². The van der Waals surface area contributed by atoms with Gasteiger partial charge in [-0.25, -0.2) is 4.79 Å². The van der Waals surface area contributed by atoms with Gasteiger partial charge in [-0.2, -0.15) is 0 Å². The molecule has 0 heterocycles. The van der Waals surface area contributed by atoms with Crippen molar-refractivity contribution in [1.82, 2.24) is 0 Å². The van der Waals surface area contributed by atoms with Crippen molar-refractivity contribution in [2.75, 3.05) is 26.1 Å². The van der Waals surface area contributed by atoms with Crippen LogP contribution in [0.5, 0.6) is 11.5 Å². The van der Waals surface area contributed by atoms with Gasteiger partial charge in [-0.15, -0.1) is 0 Å². The van der Waals surface area contributed by atoms with Crippen LogP contribution in [0.25, 0.3) is 6.08 Å². The minimum Gasteiger partial charge on any atom is -0.497 e. The van der Waals surface area contributed by atoms with E-state index in [1.165, 1.54) is 13.2 Å². The highest BCUT2D eigenvalue weighted by Crippen LogP contribution is 2.25. The Morgan fingerprint density at radius 1 is 0.906 bits per heavy atom. The third kappa shape index (κ3) is 6.47. The van der Waals surface area contributed by atoms with Gasteiger partial charge in [-0.1, -0.05) is 48.5 Å². The van der Waals surface area contributed by atoms with Gasteiger partial charge in [0.2, 0.25) is 0 Å². The van der Waals surface area contributed by atoms with Crippen molar-refractivity contribution in [3.05, 3.63) is 95.6 Å². The van der Waals surface area contributed by atoms with E-state index in [1.54, 1.807) is 31.4 Å². The van der Waals surface area contributed by atoms with Gasteiger partial charge in [0.15, 0.2) is 6.61 Å². The van der Waals surface area contributed by atoms with Gasteiger partial charge in [0.25, 0.3) is 5.91 Å². The van der Waals surface area contributed by atoms with Crippen molar-refractivity contribution in [2.24, 2.45) is 0 Å². The van der Waals surface area contributed by atoms with Gasteiger partial charge in [0.05, 0.1) is 14.2 Å². The molecule has 0 fully saturated rings. The number of hydrogen-bond acceptors (Lipinski definition) is 5. The first-order chi connectivity index (χ1) is 15.6. The lowest BCUT2D eigenvalue weighted by Crippen LogP contribution is -2.20. The van der Waals surface area contributed by atoms with Gasteiger partial charge in [0.1, 0.15) is 11.5 Å². The Morgan fingerprint density at radius 3 is 2.41 bits per heavy atom. The number of esters is 1. The number of nitrogens with one attached hydrogen (secondary N) is 1. The Labute approximate surface area is 187 Å². The number of amides is 1. The van der Waals surface area contributed by atoms with Gasteiger partial charge in [-0.05, 0) is 41.8 Å². The van der Waals surface area contributed by atoms with Crippen LogP contribution in [0, 0.1) is 0 Å². The summed E-state index contributed by atoms with van der Waals surface area (Å²) >= 11 is 0. The molecular weight excluding hydrogens is 406 g/mol. The van der Waals surface area contributed by atoms with Gasteiger partial charge < -0.3 is 19.5 Å². The Kier molecular flexibility index (Phi) is 8.03. The molecule has 0 aliphatic carbocycles. The molecule has 0 radical (unpaired) electrons. The summed E-state index contributed by atoms with van der Waals surface area (Å²) < 4.78 is 15.5. The standard InChI is InChI=1S/C26H25NO5/c1-30-22-14-12-20(24(17-22)31-2)13-15-26(29)32-18-25(28)27-23-11-7-6-10-21(23)16-19-8-4-3-5-9-19/h3-15,17H,16,18H2,1-2H3,(H,27,28)/b15-13+. The van der Waals surface area contributed by atoms with E-state index in [2.05, 4.69) is 5.32 Å². The second kappa shape index (κ2) is 11.4. The molecule has 0 aliphatic heterocycles. The van der Waals surface area contributed by atoms with Crippen molar-refractivity contribution in [2.45, 2.75) is 6.42 Å². The molecule has 0 unspecified atom stereocenters. The van der Waals surface area contributed by atoms with E-state index in [4.69, 9.17) is 14.2 Å². The second-order valence-corrected chi connectivity index (χ2v) is 6.92. The molecule has 3 aromatic carbocycles. The van der Waals surface area contributed by atoms with E-state index >= 15 is 0 Å². The number of hydrogen-bond donors (Lipinski definition) is 1. The van der Waals surface area contributed by atoms with Gasteiger partial charge >= 0.3 is 5.97 Å². The molecule has 0 aromatic heterocycles. The molecule has 1 N–H and O–H groups in total. The fourth-order valence-corrected chi connectivity index (χ4v) is 3.10. The average molecular weight is 431 g/mol. The summed E-state index contributed by atoms with van der Waals surface area (Å²) in [6, 6.07) is 22.8. The van der Waals surface area contributed by atoms with Crippen LogP contribution in [0.1, 0.15) is 16.7 Å². The maximum absolute atomic E-state index is 12.3. The first-order valence-electron chi connectivity index (χ1n) is 10.1. The summed E-state index contributed by atoms with van der Waals surface area (Å²) in [7, 11) is 3.09. The van der Waals surface area contributed by atoms with Crippen molar-refractivity contribution in [3.8, 4) is 11.5 Å². The smallest absolute Gasteiger partial charge is 0.331 e. The summed E-state index contributed by atoms with van der Waals surface area (Å²) in [5, 5.41) is 2.82. The number of carbonyl (C=O) groups excluding carboxylic acids is 2. The van der Waals surface area contributed by atoms with E-state index in [0.717, 1.165) is 11.1 Å². The number of methoxy groups -OCH3 is 2. The summed E-state index contributed by atoms with van der Waals surface area (Å²) in [5.41, 5.74) is 3.49. The fraction of sp³-hybridized carbons (Fsp3) is 0.154. The van der Waals surface area contributed by atoms with E-state index in [9.17, 15) is 9.59 Å². The van der Waals surface area contributed by atoms with Crippen LogP contribution in [-0.4, -0.2) is 32.7 Å². The lowest BCUT2D eigenvalue weighted by atomic mass is 10.0. The van der Waals surface area contributed by atoms with Gasteiger partial charge in [-0.3, -0.25) is 4.79 Å². The Bertz CT molecular complexity index is 1090. The van der Waals surface area contributed by atoms with Crippen LogP contribution >= 0.6 is 0 Å². The SMILES string of the molecule is COc1ccc(/C=C/C(=O)OCC(=O)Nc2ccccc2Cc2ccccc2)c(OC)c1. The molecule has 1 amide bonds. The minimum absolute atomic E-state index is 0.386.